The van der Waals surface area contributed by atoms with Crippen LogP contribution < -0.4 is 5.32 Å². The summed E-state index contributed by atoms with van der Waals surface area (Å²) >= 11 is 3.30. The second-order valence-corrected chi connectivity index (χ2v) is 6.35. The SMILES string of the molecule is Fc1cc(Br)ccc1CN1CCC2CNCC2C1. The van der Waals surface area contributed by atoms with Gasteiger partial charge in [0.2, 0.25) is 0 Å². The first-order chi connectivity index (χ1) is 8.72. The molecular weight excluding hydrogens is 295 g/mol. The second-order valence-electron chi connectivity index (χ2n) is 5.44. The van der Waals surface area contributed by atoms with Crippen LogP contribution in [0.4, 0.5) is 4.39 Å². The van der Waals surface area contributed by atoms with Crippen molar-refractivity contribution in [1.82, 2.24) is 10.2 Å². The summed E-state index contributed by atoms with van der Waals surface area (Å²) in [7, 11) is 0. The summed E-state index contributed by atoms with van der Waals surface area (Å²) in [4.78, 5) is 2.39. The van der Waals surface area contributed by atoms with Gasteiger partial charge in [0.15, 0.2) is 0 Å². The number of piperidine rings is 1. The largest absolute Gasteiger partial charge is 0.316 e. The van der Waals surface area contributed by atoms with E-state index in [0.29, 0.717) is 0 Å². The topological polar surface area (TPSA) is 15.3 Å². The fourth-order valence-electron chi connectivity index (χ4n) is 3.14. The van der Waals surface area contributed by atoms with Gasteiger partial charge < -0.3 is 5.32 Å². The summed E-state index contributed by atoms with van der Waals surface area (Å²) in [5.74, 6) is 1.50. The van der Waals surface area contributed by atoms with Crippen LogP contribution >= 0.6 is 15.9 Å². The third-order valence-electron chi connectivity index (χ3n) is 4.20. The Labute approximate surface area is 116 Å². The van der Waals surface area contributed by atoms with Crippen LogP contribution in [0.5, 0.6) is 0 Å². The Balaban J connectivity index is 1.66. The number of benzene rings is 1. The molecule has 0 bridgehead atoms. The lowest BCUT2D eigenvalue weighted by molar-refractivity contribution is 0.141. The van der Waals surface area contributed by atoms with E-state index in [9.17, 15) is 4.39 Å². The molecule has 0 amide bonds. The highest BCUT2D eigenvalue weighted by Crippen LogP contribution is 2.28. The number of fused-ring (bicyclic) bond motifs is 1. The molecule has 18 heavy (non-hydrogen) atoms. The molecular formula is C14H18BrFN2. The van der Waals surface area contributed by atoms with Crippen molar-refractivity contribution in [2.75, 3.05) is 26.2 Å². The van der Waals surface area contributed by atoms with E-state index in [1.165, 1.54) is 13.0 Å². The quantitative estimate of drug-likeness (QED) is 0.903. The normalized spacial score (nSPS) is 28.3. The number of hydrogen-bond donors (Lipinski definition) is 1. The van der Waals surface area contributed by atoms with Crippen molar-refractivity contribution in [1.29, 1.82) is 0 Å². The number of hydrogen-bond acceptors (Lipinski definition) is 2. The zero-order chi connectivity index (χ0) is 12.5. The van der Waals surface area contributed by atoms with E-state index >= 15 is 0 Å². The molecule has 2 aliphatic rings. The molecule has 0 aromatic heterocycles. The van der Waals surface area contributed by atoms with Crippen LogP contribution in [0, 0.1) is 17.7 Å². The maximum absolute atomic E-state index is 13.8. The van der Waals surface area contributed by atoms with Crippen molar-refractivity contribution in [2.45, 2.75) is 13.0 Å². The Morgan fingerprint density at radius 1 is 1.33 bits per heavy atom. The third kappa shape index (κ3) is 2.60. The zero-order valence-corrected chi connectivity index (χ0v) is 11.9. The van der Waals surface area contributed by atoms with E-state index in [0.717, 1.165) is 48.1 Å². The maximum Gasteiger partial charge on any atom is 0.128 e. The van der Waals surface area contributed by atoms with E-state index in [1.807, 2.05) is 12.1 Å². The number of halogens is 2. The molecule has 1 aromatic carbocycles. The molecule has 2 unspecified atom stereocenters. The molecule has 0 spiro atoms. The Morgan fingerprint density at radius 2 is 2.17 bits per heavy atom. The minimum absolute atomic E-state index is 0.101. The maximum atomic E-state index is 13.8. The van der Waals surface area contributed by atoms with Crippen molar-refractivity contribution in [2.24, 2.45) is 11.8 Å². The first-order valence-corrected chi connectivity index (χ1v) is 7.38. The third-order valence-corrected chi connectivity index (χ3v) is 4.69. The van der Waals surface area contributed by atoms with E-state index in [-0.39, 0.29) is 5.82 Å². The van der Waals surface area contributed by atoms with E-state index in [4.69, 9.17) is 0 Å². The molecule has 98 valence electrons. The summed E-state index contributed by atoms with van der Waals surface area (Å²) in [6, 6.07) is 5.36. The van der Waals surface area contributed by atoms with Gasteiger partial charge in [-0.15, -0.1) is 0 Å². The summed E-state index contributed by atoms with van der Waals surface area (Å²) in [5.41, 5.74) is 0.808. The number of rotatable bonds is 2. The Hall–Kier alpha value is -0.450. The van der Waals surface area contributed by atoms with Gasteiger partial charge in [-0.2, -0.15) is 0 Å². The fraction of sp³-hybridized carbons (Fsp3) is 0.571. The van der Waals surface area contributed by atoms with Gasteiger partial charge in [0, 0.05) is 23.1 Å². The standard InChI is InChI=1S/C14H18BrFN2/c15-13-2-1-11(14(16)5-13)8-18-4-3-10-6-17-7-12(10)9-18/h1-2,5,10,12,17H,3-4,6-9H2. The van der Waals surface area contributed by atoms with Crippen LogP contribution in [0.15, 0.2) is 22.7 Å². The van der Waals surface area contributed by atoms with E-state index < -0.39 is 0 Å². The summed E-state index contributed by atoms with van der Waals surface area (Å²) in [6.07, 6.45) is 1.25. The van der Waals surface area contributed by atoms with Crippen molar-refractivity contribution >= 4 is 15.9 Å². The van der Waals surface area contributed by atoms with E-state index in [1.54, 1.807) is 6.07 Å². The van der Waals surface area contributed by atoms with Crippen LogP contribution in [0.25, 0.3) is 0 Å². The number of nitrogens with zero attached hydrogens (tertiary/aromatic N) is 1. The summed E-state index contributed by atoms with van der Waals surface area (Å²) in [6.45, 7) is 5.24. The molecule has 1 N–H and O–H groups in total. The van der Waals surface area contributed by atoms with Crippen molar-refractivity contribution < 1.29 is 4.39 Å². The smallest absolute Gasteiger partial charge is 0.128 e. The highest BCUT2D eigenvalue weighted by atomic mass is 79.9. The summed E-state index contributed by atoms with van der Waals surface area (Å²) in [5, 5.41) is 3.46. The molecule has 2 atom stereocenters. The minimum atomic E-state index is -0.101. The predicted molar refractivity (Wildman–Crippen MR) is 73.8 cm³/mol. The molecule has 2 nitrogen and oxygen atoms in total. The van der Waals surface area contributed by atoms with Crippen LogP contribution in [-0.4, -0.2) is 31.1 Å². The first-order valence-electron chi connectivity index (χ1n) is 6.59. The van der Waals surface area contributed by atoms with Crippen LogP contribution in [0.2, 0.25) is 0 Å². The fourth-order valence-corrected chi connectivity index (χ4v) is 3.48. The lowest BCUT2D eigenvalue weighted by atomic mass is 9.88. The van der Waals surface area contributed by atoms with Gasteiger partial charge in [0.05, 0.1) is 0 Å². The van der Waals surface area contributed by atoms with Gasteiger partial charge in [-0.25, -0.2) is 4.39 Å². The van der Waals surface area contributed by atoms with Gasteiger partial charge in [0.25, 0.3) is 0 Å². The van der Waals surface area contributed by atoms with Gasteiger partial charge in [-0.1, -0.05) is 22.0 Å². The Bertz CT molecular complexity index is 438. The van der Waals surface area contributed by atoms with Gasteiger partial charge >= 0.3 is 0 Å². The molecule has 3 rings (SSSR count). The second kappa shape index (κ2) is 5.27. The Kier molecular flexibility index (Phi) is 3.68. The van der Waals surface area contributed by atoms with Gasteiger partial charge in [-0.3, -0.25) is 4.90 Å². The van der Waals surface area contributed by atoms with Crippen LogP contribution in [0.1, 0.15) is 12.0 Å². The molecule has 2 saturated heterocycles. The molecule has 0 saturated carbocycles. The van der Waals surface area contributed by atoms with Crippen molar-refractivity contribution in [3.8, 4) is 0 Å². The Morgan fingerprint density at radius 3 is 3.00 bits per heavy atom. The highest BCUT2D eigenvalue weighted by molar-refractivity contribution is 9.10. The predicted octanol–water partition coefficient (Wildman–Crippen LogP) is 2.63. The number of likely N-dealkylation sites (tertiary alicyclic amines) is 1. The van der Waals surface area contributed by atoms with Crippen LogP contribution in [-0.2, 0) is 6.54 Å². The molecule has 2 fully saturated rings. The average Bonchev–Trinajstić information content (AvgIpc) is 2.80. The van der Waals surface area contributed by atoms with Gasteiger partial charge in [0.1, 0.15) is 5.82 Å². The monoisotopic (exact) mass is 312 g/mol. The lowest BCUT2D eigenvalue weighted by Gasteiger charge is -2.34. The summed E-state index contributed by atoms with van der Waals surface area (Å²) < 4.78 is 14.6. The van der Waals surface area contributed by atoms with Crippen molar-refractivity contribution in [3.05, 3.63) is 34.1 Å². The molecule has 2 aliphatic heterocycles. The zero-order valence-electron chi connectivity index (χ0n) is 10.3. The van der Waals surface area contributed by atoms with Crippen molar-refractivity contribution in [3.63, 3.8) is 0 Å². The average molecular weight is 313 g/mol. The molecule has 1 aromatic rings. The van der Waals surface area contributed by atoms with Gasteiger partial charge in [-0.05, 0) is 50.0 Å². The number of nitrogens with one attached hydrogen (secondary N) is 1. The molecule has 2 heterocycles. The highest BCUT2D eigenvalue weighted by Gasteiger charge is 2.32. The lowest BCUT2D eigenvalue weighted by Crippen LogP contribution is -2.39. The minimum Gasteiger partial charge on any atom is -0.316 e. The van der Waals surface area contributed by atoms with Crippen LogP contribution in [0.3, 0.4) is 0 Å². The molecule has 4 heteroatoms. The molecule has 0 radical (unpaired) electrons. The first kappa shape index (κ1) is 12.6. The molecule has 0 aliphatic carbocycles. The van der Waals surface area contributed by atoms with E-state index in [2.05, 4.69) is 26.1 Å².